The molecule has 6 heteroatoms. The average molecular weight is 231 g/mol. The SMILES string of the molecule is CCC(C)(CC)OOC(=O)CC(=O)O.[MgH2]. The van der Waals surface area contributed by atoms with Crippen molar-refractivity contribution in [3.8, 4) is 0 Å². The van der Waals surface area contributed by atoms with Gasteiger partial charge in [0, 0.05) is 0 Å². The maximum atomic E-state index is 10.8. The highest BCUT2D eigenvalue weighted by Gasteiger charge is 2.24. The molecule has 86 valence electrons. The van der Waals surface area contributed by atoms with Gasteiger partial charge in [-0.1, -0.05) is 13.8 Å². The summed E-state index contributed by atoms with van der Waals surface area (Å²) in [5.74, 6) is -2.11. The van der Waals surface area contributed by atoms with Gasteiger partial charge in [-0.3, -0.25) is 9.68 Å². The van der Waals surface area contributed by atoms with Crippen LogP contribution in [0, 0.1) is 0 Å². The van der Waals surface area contributed by atoms with Crippen LogP contribution in [0.25, 0.3) is 0 Å². The zero-order valence-corrected chi connectivity index (χ0v) is 8.70. The lowest BCUT2D eigenvalue weighted by Crippen LogP contribution is -2.28. The van der Waals surface area contributed by atoms with E-state index in [4.69, 9.17) is 9.99 Å². The molecular formula is C9H18MgO5. The van der Waals surface area contributed by atoms with E-state index in [1.807, 2.05) is 13.8 Å². The first-order valence-electron chi connectivity index (χ1n) is 4.54. The van der Waals surface area contributed by atoms with E-state index in [1.54, 1.807) is 6.92 Å². The van der Waals surface area contributed by atoms with Gasteiger partial charge in [0.2, 0.25) is 0 Å². The molecule has 1 N–H and O–H groups in total. The molecule has 0 aromatic heterocycles. The van der Waals surface area contributed by atoms with E-state index >= 15 is 0 Å². The number of rotatable bonds is 6. The molecule has 0 amide bonds. The standard InChI is InChI=1S/C9H16O5.Mg.2H/c1-4-9(3,5-2)14-13-8(12)6-7(10)11;;;/h4-6H2,1-3H3,(H,10,11);;;. The first kappa shape index (κ1) is 17.1. The van der Waals surface area contributed by atoms with E-state index in [1.165, 1.54) is 0 Å². The number of carboxylic acids is 1. The fourth-order valence-corrected chi connectivity index (χ4v) is 0.668. The fraction of sp³-hybridized carbons (Fsp3) is 0.778. The zero-order chi connectivity index (χ0) is 11.2. The molecule has 0 bridgehead atoms. The minimum Gasteiger partial charge on any atom is -0.481 e. The Morgan fingerprint density at radius 3 is 2.07 bits per heavy atom. The molecule has 5 nitrogen and oxygen atoms in total. The van der Waals surface area contributed by atoms with E-state index in [0.29, 0.717) is 12.8 Å². The summed E-state index contributed by atoms with van der Waals surface area (Å²) in [5.41, 5.74) is -0.534. The summed E-state index contributed by atoms with van der Waals surface area (Å²) in [4.78, 5) is 30.2. The Bertz CT molecular complexity index is 213. The minimum atomic E-state index is -1.23. The van der Waals surface area contributed by atoms with Crippen molar-refractivity contribution >= 4 is 35.0 Å². The van der Waals surface area contributed by atoms with Crippen LogP contribution in [0.4, 0.5) is 0 Å². The lowest BCUT2D eigenvalue weighted by molar-refractivity contribution is -0.330. The van der Waals surface area contributed by atoms with Crippen LogP contribution in [-0.2, 0) is 19.4 Å². The minimum absolute atomic E-state index is 0. The van der Waals surface area contributed by atoms with Crippen molar-refractivity contribution in [1.29, 1.82) is 0 Å². The highest BCUT2D eigenvalue weighted by Crippen LogP contribution is 2.19. The van der Waals surface area contributed by atoms with Gasteiger partial charge in [-0.2, -0.15) is 4.89 Å². The number of carbonyl (C=O) groups is 2. The van der Waals surface area contributed by atoms with Crippen LogP contribution in [0.1, 0.15) is 40.0 Å². The summed E-state index contributed by atoms with van der Waals surface area (Å²) < 4.78 is 0. The second-order valence-corrected chi connectivity index (χ2v) is 3.27. The lowest BCUT2D eigenvalue weighted by Gasteiger charge is -2.23. The van der Waals surface area contributed by atoms with E-state index in [-0.39, 0.29) is 23.1 Å². The van der Waals surface area contributed by atoms with E-state index in [9.17, 15) is 9.59 Å². The molecule has 0 aromatic carbocycles. The van der Waals surface area contributed by atoms with Crippen molar-refractivity contribution in [1.82, 2.24) is 0 Å². The third-order valence-electron chi connectivity index (χ3n) is 2.13. The normalized spacial score (nSPS) is 10.3. The Morgan fingerprint density at radius 1 is 1.27 bits per heavy atom. The Morgan fingerprint density at radius 2 is 1.73 bits per heavy atom. The Labute approximate surface area is 105 Å². The van der Waals surface area contributed by atoms with Gasteiger partial charge in [-0.15, -0.1) is 0 Å². The average Bonchev–Trinajstić information content (AvgIpc) is 2.13. The summed E-state index contributed by atoms with van der Waals surface area (Å²) in [7, 11) is 0. The molecule has 0 aromatic rings. The molecule has 0 radical (unpaired) electrons. The molecule has 0 aliphatic rings. The molecule has 0 fully saturated rings. The van der Waals surface area contributed by atoms with Gasteiger partial charge in [-0.25, -0.2) is 4.79 Å². The molecule has 0 saturated carbocycles. The van der Waals surface area contributed by atoms with Gasteiger partial charge in [0.25, 0.3) is 0 Å². The van der Waals surface area contributed by atoms with Crippen LogP contribution in [0.3, 0.4) is 0 Å². The number of hydrogen-bond acceptors (Lipinski definition) is 4. The monoisotopic (exact) mass is 230 g/mol. The topological polar surface area (TPSA) is 72.8 Å². The molecule has 0 rings (SSSR count). The number of aliphatic carboxylic acids is 1. The van der Waals surface area contributed by atoms with Crippen molar-refractivity contribution < 1.29 is 24.5 Å². The lowest BCUT2D eigenvalue weighted by atomic mass is 10.0. The van der Waals surface area contributed by atoms with Gasteiger partial charge in [0.1, 0.15) is 12.0 Å². The molecule has 0 heterocycles. The first-order chi connectivity index (χ1) is 6.43. The van der Waals surface area contributed by atoms with Gasteiger partial charge in [-0.05, 0) is 19.8 Å². The third kappa shape index (κ3) is 7.58. The van der Waals surface area contributed by atoms with E-state index in [0.717, 1.165) is 0 Å². The summed E-state index contributed by atoms with van der Waals surface area (Å²) >= 11 is 0. The predicted molar refractivity (Wildman–Crippen MR) is 57.0 cm³/mol. The number of carbonyl (C=O) groups excluding carboxylic acids is 1. The second-order valence-electron chi connectivity index (χ2n) is 3.27. The Balaban J connectivity index is 0. The van der Waals surface area contributed by atoms with E-state index in [2.05, 4.69) is 4.89 Å². The van der Waals surface area contributed by atoms with Crippen molar-refractivity contribution in [3.05, 3.63) is 0 Å². The van der Waals surface area contributed by atoms with Crippen LogP contribution in [-0.4, -0.2) is 45.7 Å². The predicted octanol–water partition coefficient (Wildman–Crippen LogP) is 0.598. The highest BCUT2D eigenvalue weighted by molar-refractivity contribution is 5.89. The number of hydrogen-bond donors (Lipinski definition) is 1. The van der Waals surface area contributed by atoms with Gasteiger partial charge in [0.05, 0.1) is 0 Å². The second kappa shape index (κ2) is 7.89. The first-order valence-corrected chi connectivity index (χ1v) is 4.54. The molecule has 0 saturated heterocycles. The summed E-state index contributed by atoms with van der Waals surface area (Å²) in [6.07, 6.45) is 0.692. The molecule has 0 unspecified atom stereocenters. The quantitative estimate of drug-likeness (QED) is 0.313. The molecule has 0 aliphatic heterocycles. The van der Waals surface area contributed by atoms with Crippen molar-refractivity contribution in [3.63, 3.8) is 0 Å². The Hall–Kier alpha value is -0.334. The van der Waals surface area contributed by atoms with Crippen LogP contribution in [0.5, 0.6) is 0 Å². The van der Waals surface area contributed by atoms with E-state index < -0.39 is 24.0 Å². The maximum Gasteiger partial charge on any atom is 0.353 e. The van der Waals surface area contributed by atoms with Crippen LogP contribution in [0.2, 0.25) is 0 Å². The molecule has 0 spiro atoms. The van der Waals surface area contributed by atoms with Gasteiger partial charge in [0.15, 0.2) is 0 Å². The molecule has 0 atom stereocenters. The maximum absolute atomic E-state index is 10.8. The third-order valence-corrected chi connectivity index (χ3v) is 2.13. The molecular weight excluding hydrogens is 212 g/mol. The van der Waals surface area contributed by atoms with Crippen molar-refractivity contribution in [2.45, 2.75) is 45.6 Å². The van der Waals surface area contributed by atoms with Crippen molar-refractivity contribution in [2.24, 2.45) is 0 Å². The summed E-state index contributed by atoms with van der Waals surface area (Å²) in [6.45, 7) is 5.59. The fourth-order valence-electron chi connectivity index (χ4n) is 0.668. The number of carboxylic acid groups (broad SMARTS) is 1. The van der Waals surface area contributed by atoms with Crippen LogP contribution < -0.4 is 0 Å². The van der Waals surface area contributed by atoms with Crippen molar-refractivity contribution in [2.75, 3.05) is 0 Å². The molecule has 0 aliphatic carbocycles. The van der Waals surface area contributed by atoms with Gasteiger partial charge < -0.3 is 5.11 Å². The van der Waals surface area contributed by atoms with Crippen LogP contribution in [0.15, 0.2) is 0 Å². The van der Waals surface area contributed by atoms with Crippen LogP contribution >= 0.6 is 0 Å². The smallest absolute Gasteiger partial charge is 0.353 e. The molecule has 15 heavy (non-hydrogen) atoms. The van der Waals surface area contributed by atoms with Gasteiger partial charge >= 0.3 is 35.0 Å². The highest BCUT2D eigenvalue weighted by atomic mass is 24.3. The summed E-state index contributed by atoms with van der Waals surface area (Å²) in [6, 6.07) is 0. The largest absolute Gasteiger partial charge is 0.481 e. The zero-order valence-electron chi connectivity index (χ0n) is 8.70. The Kier molecular flexibility index (Phi) is 8.98. The summed E-state index contributed by atoms with van der Waals surface area (Å²) in [5, 5.41) is 8.27.